The molecule has 0 aromatic carbocycles. The fraction of sp³-hybridized carbons (Fsp3) is 0.600. The molecular formula is C10H14ClN3O. The van der Waals surface area contributed by atoms with Gasteiger partial charge in [0.15, 0.2) is 0 Å². The zero-order valence-corrected chi connectivity index (χ0v) is 9.64. The number of aryl methyl sites for hydroxylation is 1. The van der Waals surface area contributed by atoms with Crippen molar-refractivity contribution in [2.24, 2.45) is 7.05 Å². The van der Waals surface area contributed by atoms with Crippen molar-refractivity contribution in [3.8, 4) is 0 Å². The van der Waals surface area contributed by atoms with Crippen molar-refractivity contribution >= 4 is 17.4 Å². The van der Waals surface area contributed by atoms with Gasteiger partial charge >= 0.3 is 0 Å². The monoisotopic (exact) mass is 227 g/mol. The summed E-state index contributed by atoms with van der Waals surface area (Å²) in [4.78, 5) is 12.3. The third-order valence-electron chi connectivity index (χ3n) is 2.98. The topological polar surface area (TPSA) is 46.9 Å². The normalized spacial score (nSPS) is 25.8. The Hall–Kier alpha value is -0.870. The highest BCUT2D eigenvalue weighted by atomic mass is 35.5. The van der Waals surface area contributed by atoms with Crippen LogP contribution >= 0.6 is 11.6 Å². The Morgan fingerprint density at radius 1 is 1.73 bits per heavy atom. The number of carbonyl (C=O) groups is 1. The molecule has 1 unspecified atom stereocenters. The molecule has 0 aliphatic carbocycles. The standard InChI is InChI=1S/C10H14ClN3O/c1-10(4-3-5-12-10)9(15)8-7(11)6-13-14(8)2/h6,12H,3-5H2,1-2H3. The number of ketones is 1. The fourth-order valence-corrected chi connectivity index (χ4v) is 2.27. The van der Waals surface area contributed by atoms with Crippen molar-refractivity contribution in [3.05, 3.63) is 16.9 Å². The average molecular weight is 228 g/mol. The Morgan fingerprint density at radius 2 is 2.47 bits per heavy atom. The van der Waals surface area contributed by atoms with Gasteiger partial charge in [-0.3, -0.25) is 9.48 Å². The van der Waals surface area contributed by atoms with E-state index >= 15 is 0 Å². The number of Topliss-reactive ketones (excluding diaryl/α,β-unsaturated/α-hetero) is 1. The first-order valence-electron chi connectivity index (χ1n) is 5.02. The van der Waals surface area contributed by atoms with Gasteiger partial charge in [-0.15, -0.1) is 0 Å². The number of rotatable bonds is 2. The van der Waals surface area contributed by atoms with Gasteiger partial charge in [0, 0.05) is 7.05 Å². The first-order chi connectivity index (χ1) is 7.04. The van der Waals surface area contributed by atoms with Crippen LogP contribution in [0.25, 0.3) is 0 Å². The molecule has 1 aromatic heterocycles. The van der Waals surface area contributed by atoms with Gasteiger partial charge in [0.2, 0.25) is 5.78 Å². The minimum absolute atomic E-state index is 0.0324. The van der Waals surface area contributed by atoms with Crippen LogP contribution in [-0.2, 0) is 7.05 Å². The summed E-state index contributed by atoms with van der Waals surface area (Å²) < 4.78 is 1.54. The summed E-state index contributed by atoms with van der Waals surface area (Å²) in [5.41, 5.74) is 0.0193. The summed E-state index contributed by atoms with van der Waals surface area (Å²) in [5.74, 6) is 0.0324. The summed E-state index contributed by atoms with van der Waals surface area (Å²) in [6.07, 6.45) is 3.39. The zero-order valence-electron chi connectivity index (χ0n) is 8.88. The third kappa shape index (κ3) is 1.68. The van der Waals surface area contributed by atoms with Crippen molar-refractivity contribution < 1.29 is 4.79 Å². The lowest BCUT2D eigenvalue weighted by atomic mass is 9.92. The molecule has 0 spiro atoms. The quantitative estimate of drug-likeness (QED) is 0.777. The van der Waals surface area contributed by atoms with Gasteiger partial charge in [-0.05, 0) is 26.3 Å². The van der Waals surface area contributed by atoms with E-state index in [0.29, 0.717) is 10.7 Å². The number of nitrogens with zero attached hydrogens (tertiary/aromatic N) is 2. The van der Waals surface area contributed by atoms with Crippen LogP contribution in [0, 0.1) is 0 Å². The Labute approximate surface area is 93.6 Å². The van der Waals surface area contributed by atoms with Gasteiger partial charge in [0.1, 0.15) is 5.69 Å². The van der Waals surface area contributed by atoms with Gasteiger partial charge in [-0.2, -0.15) is 5.10 Å². The van der Waals surface area contributed by atoms with Crippen molar-refractivity contribution in [1.82, 2.24) is 15.1 Å². The van der Waals surface area contributed by atoms with Crippen LogP contribution < -0.4 is 5.32 Å². The number of hydrogen-bond donors (Lipinski definition) is 1. The largest absolute Gasteiger partial charge is 0.305 e. The average Bonchev–Trinajstić information content (AvgIpc) is 2.75. The second-order valence-corrected chi connectivity index (χ2v) is 4.56. The van der Waals surface area contributed by atoms with Crippen LogP contribution in [0.15, 0.2) is 6.20 Å². The predicted octanol–water partition coefficient (Wildman–Crippen LogP) is 1.40. The molecule has 1 aliphatic rings. The van der Waals surface area contributed by atoms with Crippen LogP contribution in [-0.4, -0.2) is 27.6 Å². The fourth-order valence-electron chi connectivity index (χ4n) is 2.02. The highest BCUT2D eigenvalue weighted by Crippen LogP contribution is 2.26. The molecule has 82 valence electrons. The summed E-state index contributed by atoms with van der Waals surface area (Å²) in [6, 6.07) is 0. The molecule has 4 nitrogen and oxygen atoms in total. The van der Waals surface area contributed by atoms with E-state index in [2.05, 4.69) is 10.4 Å². The minimum atomic E-state index is -0.475. The SMILES string of the molecule is Cn1ncc(Cl)c1C(=O)C1(C)CCCN1. The summed E-state index contributed by atoms with van der Waals surface area (Å²) in [6.45, 7) is 2.81. The molecule has 0 bridgehead atoms. The van der Waals surface area contributed by atoms with Gasteiger partial charge < -0.3 is 5.32 Å². The lowest BCUT2D eigenvalue weighted by molar-refractivity contribution is 0.0874. The van der Waals surface area contributed by atoms with E-state index in [1.165, 1.54) is 10.9 Å². The summed E-state index contributed by atoms with van der Waals surface area (Å²) >= 11 is 5.95. The first-order valence-corrected chi connectivity index (χ1v) is 5.40. The van der Waals surface area contributed by atoms with Gasteiger partial charge in [0.05, 0.1) is 16.8 Å². The number of nitrogens with one attached hydrogen (secondary N) is 1. The number of halogens is 1. The molecule has 0 radical (unpaired) electrons. The molecule has 1 saturated heterocycles. The number of aromatic nitrogens is 2. The van der Waals surface area contributed by atoms with Crippen molar-refractivity contribution in [2.75, 3.05) is 6.54 Å². The maximum absolute atomic E-state index is 12.3. The molecule has 5 heteroatoms. The summed E-state index contributed by atoms with van der Waals surface area (Å²) in [7, 11) is 1.73. The van der Waals surface area contributed by atoms with E-state index in [-0.39, 0.29) is 5.78 Å². The summed E-state index contributed by atoms with van der Waals surface area (Å²) in [5, 5.41) is 7.63. The van der Waals surface area contributed by atoms with Gasteiger partial charge in [-0.1, -0.05) is 11.6 Å². The molecule has 0 amide bonds. The second kappa shape index (κ2) is 3.61. The van der Waals surface area contributed by atoms with Crippen LogP contribution in [0.4, 0.5) is 0 Å². The lowest BCUT2D eigenvalue weighted by Gasteiger charge is -2.22. The molecule has 1 atom stereocenters. The smallest absolute Gasteiger partial charge is 0.202 e. The zero-order chi connectivity index (χ0) is 11.1. The van der Waals surface area contributed by atoms with Gasteiger partial charge in [-0.25, -0.2) is 0 Å². The number of hydrogen-bond acceptors (Lipinski definition) is 3. The highest BCUT2D eigenvalue weighted by molar-refractivity contribution is 6.34. The maximum Gasteiger partial charge on any atom is 0.202 e. The first kappa shape index (κ1) is 10.6. The molecule has 1 aromatic rings. The molecular weight excluding hydrogens is 214 g/mol. The molecule has 1 N–H and O–H groups in total. The molecule has 2 heterocycles. The van der Waals surface area contributed by atoms with Crippen LogP contribution in [0.1, 0.15) is 30.3 Å². The van der Waals surface area contributed by atoms with E-state index in [0.717, 1.165) is 19.4 Å². The minimum Gasteiger partial charge on any atom is -0.305 e. The van der Waals surface area contributed by atoms with E-state index in [1.807, 2.05) is 6.92 Å². The maximum atomic E-state index is 12.3. The van der Waals surface area contributed by atoms with Crippen molar-refractivity contribution in [2.45, 2.75) is 25.3 Å². The van der Waals surface area contributed by atoms with E-state index in [1.54, 1.807) is 7.05 Å². The van der Waals surface area contributed by atoms with Crippen LogP contribution in [0.2, 0.25) is 5.02 Å². The predicted molar refractivity (Wildman–Crippen MR) is 58.2 cm³/mol. The molecule has 2 rings (SSSR count). The molecule has 1 fully saturated rings. The van der Waals surface area contributed by atoms with E-state index in [9.17, 15) is 4.79 Å². The van der Waals surface area contributed by atoms with Gasteiger partial charge in [0.25, 0.3) is 0 Å². The van der Waals surface area contributed by atoms with E-state index in [4.69, 9.17) is 11.6 Å². The second-order valence-electron chi connectivity index (χ2n) is 4.16. The Balaban J connectivity index is 2.35. The molecule has 1 aliphatic heterocycles. The van der Waals surface area contributed by atoms with Crippen LogP contribution in [0.5, 0.6) is 0 Å². The van der Waals surface area contributed by atoms with Crippen LogP contribution in [0.3, 0.4) is 0 Å². The molecule has 15 heavy (non-hydrogen) atoms. The molecule has 0 saturated carbocycles. The number of carbonyl (C=O) groups excluding carboxylic acids is 1. The third-order valence-corrected chi connectivity index (χ3v) is 3.26. The van der Waals surface area contributed by atoms with Crippen molar-refractivity contribution in [3.63, 3.8) is 0 Å². The Morgan fingerprint density at radius 3 is 2.93 bits per heavy atom. The lowest BCUT2D eigenvalue weighted by Crippen LogP contribution is -2.45. The van der Waals surface area contributed by atoms with Crippen molar-refractivity contribution in [1.29, 1.82) is 0 Å². The highest BCUT2D eigenvalue weighted by Gasteiger charge is 2.38. The van der Waals surface area contributed by atoms with E-state index < -0.39 is 5.54 Å². The Kier molecular flexibility index (Phi) is 2.56. The Bertz CT molecular complexity index is 374.